The lowest BCUT2D eigenvalue weighted by Crippen LogP contribution is -2.36. The van der Waals surface area contributed by atoms with E-state index in [1.807, 2.05) is 38.1 Å². The standard InChI is InChI=1S/C20H22ClN3O3S2/c1-13-10-15(21)12-17-18(13)22-20(28-17)24(9-8-23(2)3)19(25)14-6-5-7-16(11-14)29(4,26)27/h5-7,10-12H,8-9H2,1-4H3. The molecule has 0 aliphatic heterocycles. The number of hydrogen-bond acceptors (Lipinski definition) is 6. The van der Waals surface area contributed by atoms with Crippen LogP contribution in [-0.2, 0) is 9.84 Å². The molecule has 0 aliphatic rings. The van der Waals surface area contributed by atoms with Gasteiger partial charge < -0.3 is 4.90 Å². The summed E-state index contributed by atoms with van der Waals surface area (Å²) in [4.78, 5) is 21.7. The Morgan fingerprint density at radius 1 is 1.17 bits per heavy atom. The first-order valence-corrected chi connectivity index (χ1v) is 12.0. The molecule has 1 heterocycles. The number of aryl methyl sites for hydroxylation is 1. The summed E-state index contributed by atoms with van der Waals surface area (Å²) in [6, 6.07) is 9.78. The minimum atomic E-state index is -3.41. The molecule has 0 aliphatic carbocycles. The highest BCUT2D eigenvalue weighted by Crippen LogP contribution is 2.33. The van der Waals surface area contributed by atoms with Crippen molar-refractivity contribution in [3.05, 3.63) is 52.5 Å². The van der Waals surface area contributed by atoms with Gasteiger partial charge in [0, 0.05) is 29.9 Å². The van der Waals surface area contributed by atoms with Crippen molar-refractivity contribution < 1.29 is 13.2 Å². The molecule has 1 aromatic heterocycles. The minimum absolute atomic E-state index is 0.114. The number of aromatic nitrogens is 1. The monoisotopic (exact) mass is 451 g/mol. The molecule has 0 unspecified atom stereocenters. The first-order chi connectivity index (χ1) is 13.6. The van der Waals surface area contributed by atoms with Crippen LogP contribution in [0.4, 0.5) is 5.13 Å². The molecule has 0 saturated carbocycles. The van der Waals surface area contributed by atoms with Crippen molar-refractivity contribution >= 4 is 54.0 Å². The Morgan fingerprint density at radius 2 is 1.90 bits per heavy atom. The van der Waals surface area contributed by atoms with Crippen molar-refractivity contribution in [2.24, 2.45) is 0 Å². The zero-order valence-electron chi connectivity index (χ0n) is 16.6. The van der Waals surface area contributed by atoms with Crippen LogP contribution in [0.2, 0.25) is 5.02 Å². The fourth-order valence-electron chi connectivity index (χ4n) is 2.86. The molecule has 0 fully saturated rings. The number of rotatable bonds is 6. The van der Waals surface area contributed by atoms with Gasteiger partial charge in [0.1, 0.15) is 0 Å². The van der Waals surface area contributed by atoms with E-state index in [1.54, 1.807) is 17.0 Å². The van der Waals surface area contributed by atoms with Crippen LogP contribution >= 0.6 is 22.9 Å². The molecule has 0 spiro atoms. The maximum Gasteiger partial charge on any atom is 0.260 e. The second kappa shape index (κ2) is 8.39. The number of hydrogen-bond donors (Lipinski definition) is 0. The predicted octanol–water partition coefficient (Wildman–Crippen LogP) is 3.87. The smallest absolute Gasteiger partial charge is 0.260 e. The van der Waals surface area contributed by atoms with Crippen LogP contribution in [0.25, 0.3) is 10.2 Å². The molecule has 0 radical (unpaired) electrons. The number of amides is 1. The van der Waals surface area contributed by atoms with E-state index in [4.69, 9.17) is 11.6 Å². The molecule has 154 valence electrons. The van der Waals surface area contributed by atoms with Crippen molar-refractivity contribution in [3.63, 3.8) is 0 Å². The highest BCUT2D eigenvalue weighted by atomic mass is 35.5. The topological polar surface area (TPSA) is 70.6 Å². The third kappa shape index (κ3) is 4.95. The van der Waals surface area contributed by atoms with E-state index in [-0.39, 0.29) is 10.8 Å². The van der Waals surface area contributed by atoms with Crippen LogP contribution in [0.5, 0.6) is 0 Å². The summed E-state index contributed by atoms with van der Waals surface area (Å²) in [5.41, 5.74) is 2.05. The quantitative estimate of drug-likeness (QED) is 0.569. The van der Waals surface area contributed by atoms with Crippen LogP contribution < -0.4 is 4.90 Å². The highest BCUT2D eigenvalue weighted by molar-refractivity contribution is 7.90. The molecule has 2 aromatic carbocycles. The molecule has 29 heavy (non-hydrogen) atoms. The number of benzene rings is 2. The third-order valence-corrected chi connectivity index (χ3v) is 6.75. The SMILES string of the molecule is Cc1cc(Cl)cc2sc(N(CCN(C)C)C(=O)c3cccc(S(C)(=O)=O)c3)nc12. The number of thiazole rings is 1. The normalized spacial score (nSPS) is 11.9. The summed E-state index contributed by atoms with van der Waals surface area (Å²) in [6.45, 7) is 2.98. The summed E-state index contributed by atoms with van der Waals surface area (Å²) < 4.78 is 24.7. The Kier molecular flexibility index (Phi) is 6.28. The van der Waals surface area contributed by atoms with Gasteiger partial charge in [0.25, 0.3) is 5.91 Å². The van der Waals surface area contributed by atoms with Crippen molar-refractivity contribution in [2.75, 3.05) is 38.3 Å². The number of sulfone groups is 1. The minimum Gasteiger partial charge on any atom is -0.308 e. The number of fused-ring (bicyclic) bond motifs is 1. The van der Waals surface area contributed by atoms with Gasteiger partial charge in [-0.3, -0.25) is 9.69 Å². The molecule has 0 saturated heterocycles. The Hall–Kier alpha value is -2.00. The first kappa shape index (κ1) is 21.7. The number of nitrogens with zero attached hydrogens (tertiary/aromatic N) is 3. The van der Waals surface area contributed by atoms with E-state index in [9.17, 15) is 13.2 Å². The maximum atomic E-state index is 13.3. The highest BCUT2D eigenvalue weighted by Gasteiger charge is 2.23. The van der Waals surface area contributed by atoms with Crippen LogP contribution in [0.15, 0.2) is 41.3 Å². The average molecular weight is 452 g/mol. The van der Waals surface area contributed by atoms with Gasteiger partial charge >= 0.3 is 0 Å². The molecule has 0 atom stereocenters. The lowest BCUT2D eigenvalue weighted by atomic mass is 10.2. The van der Waals surface area contributed by atoms with Gasteiger partial charge in [-0.15, -0.1) is 0 Å². The largest absolute Gasteiger partial charge is 0.308 e. The van der Waals surface area contributed by atoms with Crippen LogP contribution in [-0.4, -0.2) is 57.6 Å². The van der Waals surface area contributed by atoms with Crippen molar-refractivity contribution in [2.45, 2.75) is 11.8 Å². The molecule has 9 heteroatoms. The van der Waals surface area contributed by atoms with E-state index < -0.39 is 9.84 Å². The van der Waals surface area contributed by atoms with Crippen molar-refractivity contribution in [1.82, 2.24) is 9.88 Å². The Balaban J connectivity index is 2.06. The van der Waals surface area contributed by atoms with Crippen molar-refractivity contribution in [3.8, 4) is 0 Å². The lowest BCUT2D eigenvalue weighted by Gasteiger charge is -2.22. The van der Waals surface area contributed by atoms with Gasteiger partial charge in [-0.2, -0.15) is 0 Å². The second-order valence-corrected chi connectivity index (χ2v) is 10.6. The summed E-state index contributed by atoms with van der Waals surface area (Å²) >= 11 is 7.56. The summed E-state index contributed by atoms with van der Waals surface area (Å²) in [6.07, 6.45) is 1.13. The number of carbonyl (C=O) groups is 1. The van der Waals surface area contributed by atoms with Crippen LogP contribution in [0.3, 0.4) is 0 Å². The molecule has 6 nitrogen and oxygen atoms in total. The fraction of sp³-hybridized carbons (Fsp3) is 0.300. The molecule has 0 N–H and O–H groups in total. The van der Waals surface area contributed by atoms with E-state index in [0.29, 0.717) is 28.8 Å². The Bertz CT molecular complexity index is 1170. The summed E-state index contributed by atoms with van der Waals surface area (Å²) in [7, 11) is 0.439. The molecule has 3 aromatic rings. The molecule has 0 bridgehead atoms. The molecule has 1 amide bonds. The number of anilines is 1. The van der Waals surface area contributed by atoms with Gasteiger partial charge in [-0.1, -0.05) is 29.0 Å². The zero-order chi connectivity index (χ0) is 21.3. The van der Waals surface area contributed by atoms with Crippen molar-refractivity contribution in [1.29, 1.82) is 0 Å². The second-order valence-electron chi connectivity index (χ2n) is 7.13. The first-order valence-electron chi connectivity index (χ1n) is 8.89. The fourth-order valence-corrected chi connectivity index (χ4v) is 4.97. The van der Waals surface area contributed by atoms with Crippen LogP contribution in [0, 0.1) is 6.92 Å². The molecular formula is C20H22ClN3O3S2. The zero-order valence-corrected chi connectivity index (χ0v) is 19.0. The van der Waals surface area contributed by atoms with Crippen LogP contribution in [0.1, 0.15) is 15.9 Å². The van der Waals surface area contributed by atoms with Gasteiger partial charge in [-0.25, -0.2) is 13.4 Å². The van der Waals surface area contributed by atoms with Gasteiger partial charge in [0.2, 0.25) is 0 Å². The average Bonchev–Trinajstić information content (AvgIpc) is 3.05. The molecular weight excluding hydrogens is 430 g/mol. The van der Waals surface area contributed by atoms with Gasteiger partial charge in [0.15, 0.2) is 15.0 Å². The predicted molar refractivity (Wildman–Crippen MR) is 119 cm³/mol. The van der Waals surface area contributed by atoms with E-state index >= 15 is 0 Å². The molecule has 3 rings (SSSR count). The van der Waals surface area contributed by atoms with E-state index in [1.165, 1.54) is 23.5 Å². The van der Waals surface area contributed by atoms with E-state index in [0.717, 1.165) is 22.0 Å². The number of halogens is 1. The Morgan fingerprint density at radius 3 is 2.55 bits per heavy atom. The van der Waals surface area contributed by atoms with E-state index in [2.05, 4.69) is 4.98 Å². The number of likely N-dealkylation sites (N-methyl/N-ethyl adjacent to an activating group) is 1. The van der Waals surface area contributed by atoms with Gasteiger partial charge in [0.05, 0.1) is 15.1 Å². The summed E-state index contributed by atoms with van der Waals surface area (Å²) in [5.74, 6) is -0.292. The summed E-state index contributed by atoms with van der Waals surface area (Å²) in [5, 5.41) is 1.18. The third-order valence-electron chi connectivity index (χ3n) is 4.39. The lowest BCUT2D eigenvalue weighted by molar-refractivity contribution is 0.0985. The Labute approximate surface area is 179 Å². The number of carbonyl (C=O) groups excluding carboxylic acids is 1. The van der Waals surface area contributed by atoms with Gasteiger partial charge in [-0.05, 0) is 56.9 Å². The maximum absolute atomic E-state index is 13.3.